The zero-order chi connectivity index (χ0) is 17.3. The lowest BCUT2D eigenvalue weighted by atomic mass is 9.89. The molecule has 2 fully saturated rings. The number of fused-ring (bicyclic) bond motifs is 3. The molecule has 0 bridgehead atoms. The Morgan fingerprint density at radius 1 is 1.12 bits per heavy atom. The fraction of sp³-hybridized carbons (Fsp3) is 0.579. The van der Waals surface area contributed by atoms with Gasteiger partial charge in [-0.25, -0.2) is 9.97 Å². The SMILES string of the molecule is CC1CCc2c(sc3ncnc(Sc4nnc(C5CC5)n4C4CC4)c23)C1. The first kappa shape index (κ1) is 15.6. The average Bonchev–Trinajstić information content (AvgIpc) is 3.56. The van der Waals surface area contributed by atoms with E-state index in [0.717, 1.165) is 27.4 Å². The number of aryl methyl sites for hydroxylation is 1. The van der Waals surface area contributed by atoms with Gasteiger partial charge in [0.15, 0.2) is 5.16 Å². The van der Waals surface area contributed by atoms with Crippen LogP contribution in [0.1, 0.15) is 67.3 Å². The Morgan fingerprint density at radius 2 is 2.00 bits per heavy atom. The Kier molecular flexibility index (Phi) is 3.45. The lowest BCUT2D eigenvalue weighted by Gasteiger charge is -2.18. The molecule has 3 aromatic rings. The summed E-state index contributed by atoms with van der Waals surface area (Å²) in [6.45, 7) is 2.35. The minimum Gasteiger partial charge on any atom is -0.302 e. The molecule has 0 N–H and O–H groups in total. The fourth-order valence-electron chi connectivity index (χ4n) is 4.06. The van der Waals surface area contributed by atoms with E-state index in [4.69, 9.17) is 0 Å². The highest BCUT2D eigenvalue weighted by Crippen LogP contribution is 2.48. The van der Waals surface area contributed by atoms with Crippen LogP contribution in [0.15, 0.2) is 16.5 Å². The molecule has 2 saturated carbocycles. The summed E-state index contributed by atoms with van der Waals surface area (Å²) in [6, 6.07) is 0.609. The highest BCUT2D eigenvalue weighted by Gasteiger charge is 2.37. The molecule has 7 heteroatoms. The monoisotopic (exact) mass is 383 g/mol. The maximum absolute atomic E-state index is 4.67. The van der Waals surface area contributed by atoms with Crippen molar-refractivity contribution in [3.63, 3.8) is 0 Å². The summed E-state index contributed by atoms with van der Waals surface area (Å²) in [4.78, 5) is 11.9. The van der Waals surface area contributed by atoms with Crippen LogP contribution in [0.5, 0.6) is 0 Å². The molecule has 0 aliphatic heterocycles. The largest absolute Gasteiger partial charge is 0.302 e. The maximum atomic E-state index is 4.67. The third kappa shape index (κ3) is 2.51. The van der Waals surface area contributed by atoms with Crippen LogP contribution in [0.2, 0.25) is 0 Å². The summed E-state index contributed by atoms with van der Waals surface area (Å²) in [5.74, 6) is 2.62. The predicted octanol–water partition coefficient (Wildman–Crippen LogP) is 4.77. The number of thiophene rings is 1. The van der Waals surface area contributed by atoms with Crippen LogP contribution in [-0.2, 0) is 12.8 Å². The van der Waals surface area contributed by atoms with Crippen LogP contribution in [0, 0.1) is 5.92 Å². The summed E-state index contributed by atoms with van der Waals surface area (Å²) >= 11 is 3.57. The second-order valence-electron chi connectivity index (χ2n) is 8.03. The Bertz CT molecular complexity index is 999. The highest BCUT2D eigenvalue weighted by atomic mass is 32.2. The van der Waals surface area contributed by atoms with Gasteiger partial charge < -0.3 is 4.57 Å². The minimum absolute atomic E-state index is 0.609. The van der Waals surface area contributed by atoms with Crippen molar-refractivity contribution in [2.75, 3.05) is 0 Å². The molecule has 3 aromatic heterocycles. The molecule has 1 unspecified atom stereocenters. The normalized spacial score (nSPS) is 22.7. The third-order valence-electron chi connectivity index (χ3n) is 5.79. The van der Waals surface area contributed by atoms with Gasteiger partial charge in [-0.05, 0) is 68.2 Å². The van der Waals surface area contributed by atoms with Crippen molar-refractivity contribution in [2.45, 2.75) is 74.0 Å². The Labute approximate surface area is 160 Å². The Balaban J connectivity index is 1.44. The van der Waals surface area contributed by atoms with Crippen molar-refractivity contribution in [3.05, 3.63) is 22.6 Å². The number of rotatable bonds is 4. The van der Waals surface area contributed by atoms with Gasteiger partial charge >= 0.3 is 0 Å². The molecule has 134 valence electrons. The zero-order valence-corrected chi connectivity index (χ0v) is 16.4. The molecule has 0 saturated heterocycles. The van der Waals surface area contributed by atoms with Gasteiger partial charge in [0.2, 0.25) is 0 Å². The molecule has 0 spiro atoms. The van der Waals surface area contributed by atoms with Gasteiger partial charge in [0, 0.05) is 22.2 Å². The van der Waals surface area contributed by atoms with Gasteiger partial charge in [-0.1, -0.05) is 6.92 Å². The van der Waals surface area contributed by atoms with Crippen LogP contribution in [0.25, 0.3) is 10.2 Å². The molecule has 3 aliphatic rings. The van der Waals surface area contributed by atoms with Gasteiger partial charge in [-0.3, -0.25) is 0 Å². The van der Waals surface area contributed by atoms with Crippen molar-refractivity contribution >= 4 is 33.3 Å². The standard InChI is InChI=1S/C19H21N5S2/c1-10-2-7-13-14(8-10)25-17-15(13)18(21-9-20-17)26-19-23-22-16(11-3-4-11)24(19)12-5-6-12/h9-12H,2-8H2,1H3. The second kappa shape index (κ2) is 5.76. The summed E-state index contributed by atoms with van der Waals surface area (Å²) < 4.78 is 2.41. The summed E-state index contributed by atoms with van der Waals surface area (Å²) in [5, 5.41) is 12.5. The van der Waals surface area contributed by atoms with Gasteiger partial charge in [-0.2, -0.15) is 0 Å². The van der Waals surface area contributed by atoms with Gasteiger partial charge in [0.25, 0.3) is 0 Å². The molecule has 6 rings (SSSR count). The smallest absolute Gasteiger partial charge is 0.197 e. The van der Waals surface area contributed by atoms with E-state index in [1.165, 1.54) is 60.2 Å². The first-order valence-corrected chi connectivity index (χ1v) is 11.3. The quantitative estimate of drug-likeness (QED) is 0.607. The first-order valence-electron chi connectivity index (χ1n) is 9.66. The third-order valence-corrected chi connectivity index (χ3v) is 7.92. The van der Waals surface area contributed by atoms with Crippen molar-refractivity contribution in [2.24, 2.45) is 5.92 Å². The molecule has 5 nitrogen and oxygen atoms in total. The molecule has 0 aromatic carbocycles. The Hall–Kier alpha value is -1.47. The highest BCUT2D eigenvalue weighted by molar-refractivity contribution is 7.99. The van der Waals surface area contributed by atoms with Crippen molar-refractivity contribution in [3.8, 4) is 0 Å². The lowest BCUT2D eigenvalue weighted by Crippen LogP contribution is -2.08. The molecule has 0 radical (unpaired) electrons. The molecular weight excluding hydrogens is 362 g/mol. The predicted molar refractivity (Wildman–Crippen MR) is 103 cm³/mol. The van der Waals surface area contributed by atoms with E-state index >= 15 is 0 Å². The van der Waals surface area contributed by atoms with Crippen LogP contribution < -0.4 is 0 Å². The van der Waals surface area contributed by atoms with Crippen molar-refractivity contribution in [1.29, 1.82) is 0 Å². The minimum atomic E-state index is 0.609. The van der Waals surface area contributed by atoms with E-state index in [2.05, 4.69) is 31.7 Å². The van der Waals surface area contributed by atoms with E-state index in [1.807, 2.05) is 11.3 Å². The average molecular weight is 384 g/mol. The molecule has 3 aliphatic carbocycles. The molecule has 3 heterocycles. The molecule has 0 amide bonds. The van der Waals surface area contributed by atoms with Crippen LogP contribution in [-0.4, -0.2) is 24.7 Å². The van der Waals surface area contributed by atoms with E-state index in [9.17, 15) is 0 Å². The summed E-state index contributed by atoms with van der Waals surface area (Å²) in [5.41, 5.74) is 1.49. The van der Waals surface area contributed by atoms with E-state index < -0.39 is 0 Å². The van der Waals surface area contributed by atoms with E-state index in [1.54, 1.807) is 18.1 Å². The number of aromatic nitrogens is 5. The number of hydrogen-bond acceptors (Lipinski definition) is 6. The summed E-state index contributed by atoms with van der Waals surface area (Å²) in [6.07, 6.45) is 10.4. The molecular formula is C19H21N5S2. The van der Waals surface area contributed by atoms with Crippen molar-refractivity contribution in [1.82, 2.24) is 24.7 Å². The van der Waals surface area contributed by atoms with Crippen LogP contribution in [0.4, 0.5) is 0 Å². The second-order valence-corrected chi connectivity index (χ2v) is 10.1. The summed E-state index contributed by atoms with van der Waals surface area (Å²) in [7, 11) is 0. The van der Waals surface area contributed by atoms with Gasteiger partial charge in [-0.15, -0.1) is 21.5 Å². The molecule has 26 heavy (non-hydrogen) atoms. The number of nitrogens with zero attached hydrogens (tertiary/aromatic N) is 5. The van der Waals surface area contributed by atoms with Gasteiger partial charge in [0.05, 0.1) is 0 Å². The lowest BCUT2D eigenvalue weighted by molar-refractivity contribution is 0.509. The maximum Gasteiger partial charge on any atom is 0.197 e. The van der Waals surface area contributed by atoms with E-state index in [0.29, 0.717) is 12.0 Å². The number of hydrogen-bond donors (Lipinski definition) is 0. The Morgan fingerprint density at radius 3 is 2.81 bits per heavy atom. The fourth-order valence-corrected chi connectivity index (χ4v) is 6.50. The first-order chi connectivity index (χ1) is 12.8. The molecule has 1 atom stereocenters. The van der Waals surface area contributed by atoms with Gasteiger partial charge in [0.1, 0.15) is 22.0 Å². The van der Waals surface area contributed by atoms with Crippen molar-refractivity contribution < 1.29 is 0 Å². The van der Waals surface area contributed by atoms with E-state index in [-0.39, 0.29) is 0 Å². The zero-order valence-electron chi connectivity index (χ0n) is 14.8. The van der Waals surface area contributed by atoms with Crippen LogP contribution in [0.3, 0.4) is 0 Å². The topological polar surface area (TPSA) is 56.5 Å². The van der Waals surface area contributed by atoms with Crippen LogP contribution >= 0.6 is 23.1 Å².